The summed E-state index contributed by atoms with van der Waals surface area (Å²) in [7, 11) is 0. The molecule has 0 bridgehead atoms. The average Bonchev–Trinajstić information content (AvgIpc) is 2.67. The molecule has 0 radical (unpaired) electrons. The van der Waals surface area contributed by atoms with E-state index in [9.17, 15) is 22.8 Å². The summed E-state index contributed by atoms with van der Waals surface area (Å²) in [4.78, 5) is 24.2. The number of ketones is 1. The van der Waals surface area contributed by atoms with E-state index < -0.39 is 17.5 Å². The molecular formula is C21H13F3O2. The molecule has 0 amide bonds. The predicted octanol–water partition coefficient (Wildman–Crippen LogP) is 5.42. The van der Waals surface area contributed by atoms with Crippen LogP contribution in [-0.2, 0) is 6.18 Å². The summed E-state index contributed by atoms with van der Waals surface area (Å²) in [5.41, 5.74) is 0.264. The molecule has 130 valence electrons. The third-order valence-electron chi connectivity index (χ3n) is 4.01. The summed E-state index contributed by atoms with van der Waals surface area (Å²) in [5, 5.41) is 0. The average molecular weight is 354 g/mol. The Morgan fingerprint density at radius 2 is 1.46 bits per heavy atom. The maximum Gasteiger partial charge on any atom is 0.416 e. The summed E-state index contributed by atoms with van der Waals surface area (Å²) in [6.07, 6.45) is -3.96. The van der Waals surface area contributed by atoms with Crippen molar-refractivity contribution >= 4 is 12.1 Å². The number of carbonyl (C=O) groups excluding carboxylic acids is 2. The number of halogens is 3. The molecule has 2 nitrogen and oxygen atoms in total. The zero-order valence-corrected chi connectivity index (χ0v) is 13.5. The standard InChI is InChI=1S/C21H13F3O2/c22-21(23,24)16-10-11-18(17-9-5-4-8-15(17)13-25)19(12-16)20(26)14-6-2-1-3-7-14/h1-13H. The fourth-order valence-electron chi connectivity index (χ4n) is 2.73. The van der Waals surface area contributed by atoms with Gasteiger partial charge in [-0.05, 0) is 23.3 Å². The fraction of sp³-hybridized carbons (Fsp3) is 0.0476. The lowest BCUT2D eigenvalue weighted by molar-refractivity contribution is -0.137. The monoisotopic (exact) mass is 354 g/mol. The Kier molecular flexibility index (Phi) is 4.71. The van der Waals surface area contributed by atoms with E-state index in [-0.39, 0.29) is 16.7 Å². The number of rotatable bonds is 4. The molecule has 0 heterocycles. The molecule has 3 aromatic rings. The van der Waals surface area contributed by atoms with Crippen LogP contribution < -0.4 is 0 Å². The number of hydrogen-bond donors (Lipinski definition) is 0. The van der Waals surface area contributed by atoms with Crippen LogP contribution in [0.1, 0.15) is 31.8 Å². The van der Waals surface area contributed by atoms with Gasteiger partial charge in [-0.1, -0.05) is 60.7 Å². The van der Waals surface area contributed by atoms with Crippen LogP contribution in [0.25, 0.3) is 11.1 Å². The minimum absolute atomic E-state index is 0.0969. The van der Waals surface area contributed by atoms with Gasteiger partial charge in [0.05, 0.1) is 5.56 Å². The van der Waals surface area contributed by atoms with Crippen LogP contribution in [0.5, 0.6) is 0 Å². The summed E-state index contributed by atoms with van der Waals surface area (Å²) < 4.78 is 39.4. The Balaban J connectivity index is 2.25. The number of aldehydes is 1. The molecule has 3 rings (SSSR count). The van der Waals surface area contributed by atoms with E-state index >= 15 is 0 Å². The minimum atomic E-state index is -4.57. The highest BCUT2D eigenvalue weighted by Gasteiger charge is 2.32. The Labute approximate surface area is 147 Å². The van der Waals surface area contributed by atoms with Crippen molar-refractivity contribution in [2.24, 2.45) is 0 Å². The molecule has 0 aliphatic rings. The molecule has 0 fully saturated rings. The number of alkyl halides is 3. The van der Waals surface area contributed by atoms with Gasteiger partial charge in [0.1, 0.15) is 0 Å². The largest absolute Gasteiger partial charge is 0.416 e. The van der Waals surface area contributed by atoms with Crippen molar-refractivity contribution in [2.75, 3.05) is 0 Å². The highest BCUT2D eigenvalue weighted by Crippen LogP contribution is 2.35. The van der Waals surface area contributed by atoms with Crippen LogP contribution in [0.3, 0.4) is 0 Å². The molecule has 0 spiro atoms. The second-order valence-electron chi connectivity index (χ2n) is 5.66. The van der Waals surface area contributed by atoms with Gasteiger partial charge in [0, 0.05) is 16.7 Å². The second kappa shape index (κ2) is 6.96. The van der Waals surface area contributed by atoms with Crippen molar-refractivity contribution in [3.8, 4) is 11.1 Å². The lowest BCUT2D eigenvalue weighted by atomic mass is 9.90. The van der Waals surface area contributed by atoms with Gasteiger partial charge in [-0.15, -0.1) is 0 Å². The molecule has 3 aromatic carbocycles. The van der Waals surface area contributed by atoms with E-state index in [1.165, 1.54) is 18.2 Å². The first-order valence-electron chi connectivity index (χ1n) is 7.77. The maximum absolute atomic E-state index is 13.1. The fourth-order valence-corrected chi connectivity index (χ4v) is 2.73. The quantitative estimate of drug-likeness (QED) is 0.463. The molecule has 0 saturated heterocycles. The van der Waals surface area contributed by atoms with Gasteiger partial charge in [-0.2, -0.15) is 13.2 Å². The van der Waals surface area contributed by atoms with Crippen LogP contribution in [0.15, 0.2) is 72.8 Å². The van der Waals surface area contributed by atoms with Crippen molar-refractivity contribution in [3.05, 3.63) is 95.1 Å². The van der Waals surface area contributed by atoms with E-state index in [4.69, 9.17) is 0 Å². The molecule has 0 N–H and O–H groups in total. The van der Waals surface area contributed by atoms with Gasteiger partial charge >= 0.3 is 6.18 Å². The third kappa shape index (κ3) is 3.42. The van der Waals surface area contributed by atoms with Gasteiger partial charge in [0.15, 0.2) is 12.1 Å². The second-order valence-corrected chi connectivity index (χ2v) is 5.66. The normalized spacial score (nSPS) is 11.2. The van der Waals surface area contributed by atoms with Crippen LogP contribution in [0, 0.1) is 0 Å². The lowest BCUT2D eigenvalue weighted by Gasteiger charge is -2.14. The first kappa shape index (κ1) is 17.6. The number of carbonyl (C=O) groups is 2. The molecular weight excluding hydrogens is 341 g/mol. The number of benzene rings is 3. The van der Waals surface area contributed by atoms with E-state index in [0.29, 0.717) is 17.4 Å². The van der Waals surface area contributed by atoms with Crippen LogP contribution >= 0.6 is 0 Å². The molecule has 0 aliphatic heterocycles. The van der Waals surface area contributed by atoms with Gasteiger partial charge in [0.2, 0.25) is 0 Å². The van der Waals surface area contributed by atoms with Crippen molar-refractivity contribution in [3.63, 3.8) is 0 Å². The maximum atomic E-state index is 13.1. The smallest absolute Gasteiger partial charge is 0.298 e. The Hall–Kier alpha value is -3.21. The first-order chi connectivity index (χ1) is 12.4. The Bertz CT molecular complexity index is 960. The van der Waals surface area contributed by atoms with Crippen molar-refractivity contribution in [1.29, 1.82) is 0 Å². The Morgan fingerprint density at radius 1 is 0.808 bits per heavy atom. The van der Waals surface area contributed by atoms with Crippen molar-refractivity contribution < 1.29 is 22.8 Å². The molecule has 0 atom stereocenters. The first-order valence-corrected chi connectivity index (χ1v) is 7.77. The molecule has 0 aromatic heterocycles. The summed E-state index contributed by atoms with van der Waals surface area (Å²) in [6.45, 7) is 0. The predicted molar refractivity (Wildman–Crippen MR) is 92.1 cm³/mol. The highest BCUT2D eigenvalue weighted by atomic mass is 19.4. The summed E-state index contributed by atoms with van der Waals surface area (Å²) >= 11 is 0. The molecule has 5 heteroatoms. The zero-order chi connectivity index (χ0) is 18.7. The highest BCUT2D eigenvalue weighted by molar-refractivity contribution is 6.13. The SMILES string of the molecule is O=Cc1ccccc1-c1ccc(C(F)(F)F)cc1C(=O)c1ccccc1. The van der Waals surface area contributed by atoms with Gasteiger partial charge < -0.3 is 0 Å². The molecule has 26 heavy (non-hydrogen) atoms. The van der Waals surface area contributed by atoms with Crippen LogP contribution in [0.4, 0.5) is 13.2 Å². The molecule has 0 saturated carbocycles. The van der Waals surface area contributed by atoms with Crippen molar-refractivity contribution in [1.82, 2.24) is 0 Å². The Morgan fingerprint density at radius 3 is 2.12 bits per heavy atom. The summed E-state index contributed by atoms with van der Waals surface area (Å²) in [5.74, 6) is -0.535. The van der Waals surface area contributed by atoms with Gasteiger partial charge in [0.25, 0.3) is 0 Å². The van der Waals surface area contributed by atoms with Gasteiger partial charge in [-0.3, -0.25) is 9.59 Å². The molecule has 0 aliphatic carbocycles. The number of hydrogen-bond acceptors (Lipinski definition) is 2. The summed E-state index contributed by atoms with van der Waals surface area (Å²) in [6, 6.07) is 17.5. The minimum Gasteiger partial charge on any atom is -0.298 e. The van der Waals surface area contributed by atoms with Crippen LogP contribution in [0.2, 0.25) is 0 Å². The van der Waals surface area contributed by atoms with Crippen LogP contribution in [-0.4, -0.2) is 12.1 Å². The lowest BCUT2D eigenvalue weighted by Crippen LogP contribution is -2.10. The topological polar surface area (TPSA) is 34.1 Å². The van der Waals surface area contributed by atoms with E-state index in [1.54, 1.807) is 42.5 Å². The molecule has 0 unspecified atom stereocenters. The zero-order valence-electron chi connectivity index (χ0n) is 13.5. The van der Waals surface area contributed by atoms with E-state index in [2.05, 4.69) is 0 Å². The van der Waals surface area contributed by atoms with Crippen molar-refractivity contribution in [2.45, 2.75) is 6.18 Å². The third-order valence-corrected chi connectivity index (χ3v) is 4.01. The van der Waals surface area contributed by atoms with E-state index in [0.717, 1.165) is 12.1 Å². The van der Waals surface area contributed by atoms with Gasteiger partial charge in [-0.25, -0.2) is 0 Å². The van der Waals surface area contributed by atoms with E-state index in [1.807, 2.05) is 0 Å².